The molecule has 110 valence electrons. The van der Waals surface area contributed by atoms with Gasteiger partial charge in [0.15, 0.2) is 5.78 Å². The number of benzene rings is 2. The summed E-state index contributed by atoms with van der Waals surface area (Å²) in [5, 5.41) is 0. The van der Waals surface area contributed by atoms with E-state index in [4.69, 9.17) is 9.47 Å². The van der Waals surface area contributed by atoms with Crippen LogP contribution >= 0.6 is 15.9 Å². The van der Waals surface area contributed by atoms with Crippen LogP contribution in [-0.2, 0) is 6.42 Å². The lowest BCUT2D eigenvalue weighted by molar-refractivity contribution is 0.0990. The Morgan fingerprint density at radius 1 is 1.19 bits per heavy atom. The van der Waals surface area contributed by atoms with E-state index >= 15 is 0 Å². The number of ketones is 1. The Hall–Kier alpha value is -1.88. The van der Waals surface area contributed by atoms with Crippen molar-refractivity contribution in [1.29, 1.82) is 0 Å². The average molecular weight is 353 g/mol. The summed E-state index contributed by atoms with van der Waals surface area (Å²) in [5.41, 5.74) is 1.16. The number of hydrogen-bond acceptors (Lipinski definition) is 3. The minimum Gasteiger partial charge on any atom is -0.497 e. The standard InChI is InChI=1S/C16H14BrFO3/c1-20-11-5-3-4-10(6-11)7-15(19)12-8-13(17)14(18)9-16(12)21-2/h3-6,8-9H,7H2,1-2H3. The lowest BCUT2D eigenvalue weighted by Crippen LogP contribution is -2.06. The van der Waals surface area contributed by atoms with E-state index in [2.05, 4.69) is 15.9 Å². The van der Waals surface area contributed by atoms with E-state index in [-0.39, 0.29) is 22.4 Å². The van der Waals surface area contributed by atoms with Crippen molar-refractivity contribution < 1.29 is 18.7 Å². The molecule has 2 aromatic rings. The molecule has 0 radical (unpaired) electrons. The number of carbonyl (C=O) groups excluding carboxylic acids is 1. The van der Waals surface area contributed by atoms with E-state index in [1.165, 1.54) is 19.2 Å². The van der Waals surface area contributed by atoms with Gasteiger partial charge in [-0.3, -0.25) is 4.79 Å². The first kappa shape index (κ1) is 15.5. The molecule has 0 spiro atoms. The highest BCUT2D eigenvalue weighted by atomic mass is 79.9. The number of carbonyl (C=O) groups is 1. The third-order valence-electron chi connectivity index (χ3n) is 3.04. The fourth-order valence-electron chi connectivity index (χ4n) is 1.98. The van der Waals surface area contributed by atoms with Crippen molar-refractivity contribution in [1.82, 2.24) is 0 Å². The summed E-state index contributed by atoms with van der Waals surface area (Å²) in [4.78, 5) is 12.4. The lowest BCUT2D eigenvalue weighted by Gasteiger charge is -2.09. The number of Topliss-reactive ketones (excluding diaryl/α,β-unsaturated/α-hetero) is 1. The number of hydrogen-bond donors (Lipinski definition) is 0. The van der Waals surface area contributed by atoms with Crippen molar-refractivity contribution in [2.24, 2.45) is 0 Å². The smallest absolute Gasteiger partial charge is 0.171 e. The van der Waals surface area contributed by atoms with Gasteiger partial charge in [0.25, 0.3) is 0 Å². The van der Waals surface area contributed by atoms with Crippen LogP contribution in [0.25, 0.3) is 0 Å². The second-order valence-corrected chi connectivity index (χ2v) is 5.27. The Bertz CT molecular complexity index is 671. The van der Waals surface area contributed by atoms with Crippen LogP contribution in [0, 0.1) is 5.82 Å². The van der Waals surface area contributed by atoms with Gasteiger partial charge in [-0.2, -0.15) is 0 Å². The molecule has 0 unspecified atom stereocenters. The summed E-state index contributed by atoms with van der Waals surface area (Å²) in [7, 11) is 2.98. The van der Waals surface area contributed by atoms with E-state index in [1.54, 1.807) is 13.2 Å². The Labute approximate surface area is 130 Å². The molecule has 0 N–H and O–H groups in total. The van der Waals surface area contributed by atoms with E-state index in [1.807, 2.05) is 18.2 Å². The van der Waals surface area contributed by atoms with E-state index in [0.29, 0.717) is 11.3 Å². The summed E-state index contributed by atoms with van der Waals surface area (Å²) in [5.74, 6) is 0.293. The van der Waals surface area contributed by atoms with Crippen LogP contribution in [0.1, 0.15) is 15.9 Å². The molecule has 0 aromatic heterocycles. The van der Waals surface area contributed by atoms with Gasteiger partial charge in [-0.1, -0.05) is 12.1 Å². The zero-order valence-corrected chi connectivity index (χ0v) is 13.2. The monoisotopic (exact) mass is 352 g/mol. The molecule has 0 aliphatic carbocycles. The van der Waals surface area contributed by atoms with E-state index in [0.717, 1.165) is 5.56 Å². The highest BCUT2D eigenvalue weighted by Crippen LogP contribution is 2.27. The van der Waals surface area contributed by atoms with Crippen molar-refractivity contribution in [3.8, 4) is 11.5 Å². The molecule has 0 amide bonds. The van der Waals surface area contributed by atoms with Crippen LogP contribution in [0.5, 0.6) is 11.5 Å². The zero-order chi connectivity index (χ0) is 15.4. The molecular weight excluding hydrogens is 339 g/mol. The SMILES string of the molecule is COc1cccc(CC(=O)c2cc(Br)c(F)cc2OC)c1. The normalized spacial score (nSPS) is 10.3. The van der Waals surface area contributed by atoms with Gasteiger partial charge < -0.3 is 9.47 Å². The topological polar surface area (TPSA) is 35.5 Å². The first-order valence-corrected chi connectivity index (χ1v) is 7.03. The minimum absolute atomic E-state index is 0.152. The number of halogens is 2. The second-order valence-electron chi connectivity index (χ2n) is 4.42. The first-order chi connectivity index (χ1) is 10.0. The molecule has 0 saturated carbocycles. The quantitative estimate of drug-likeness (QED) is 0.762. The molecule has 0 aliphatic heterocycles. The molecule has 0 bridgehead atoms. The zero-order valence-electron chi connectivity index (χ0n) is 11.7. The summed E-state index contributed by atoms with van der Waals surface area (Å²) in [6.45, 7) is 0. The third kappa shape index (κ3) is 3.61. The highest BCUT2D eigenvalue weighted by Gasteiger charge is 2.16. The summed E-state index contributed by atoms with van der Waals surface area (Å²) >= 11 is 3.08. The molecule has 2 rings (SSSR count). The van der Waals surface area contributed by atoms with Crippen LogP contribution in [0.15, 0.2) is 40.9 Å². The third-order valence-corrected chi connectivity index (χ3v) is 3.65. The van der Waals surface area contributed by atoms with Gasteiger partial charge in [0, 0.05) is 12.5 Å². The Morgan fingerprint density at radius 2 is 1.95 bits per heavy atom. The number of ether oxygens (including phenoxy) is 2. The molecule has 0 fully saturated rings. The van der Waals surface area contributed by atoms with Crippen LogP contribution in [0.2, 0.25) is 0 Å². The number of rotatable bonds is 5. The molecule has 5 heteroatoms. The Balaban J connectivity index is 2.29. The van der Waals surface area contributed by atoms with Crippen molar-refractivity contribution in [3.05, 3.63) is 57.8 Å². The predicted octanol–water partition coefficient (Wildman–Crippen LogP) is 4.03. The van der Waals surface area contributed by atoms with Crippen LogP contribution in [-0.4, -0.2) is 20.0 Å². The van der Waals surface area contributed by atoms with Gasteiger partial charge in [-0.25, -0.2) is 4.39 Å². The van der Waals surface area contributed by atoms with Gasteiger partial charge >= 0.3 is 0 Å². The minimum atomic E-state index is -0.468. The molecule has 3 nitrogen and oxygen atoms in total. The maximum absolute atomic E-state index is 13.5. The molecule has 0 atom stereocenters. The van der Waals surface area contributed by atoms with Gasteiger partial charge in [-0.05, 0) is 39.7 Å². The fourth-order valence-corrected chi connectivity index (χ4v) is 2.32. The predicted molar refractivity (Wildman–Crippen MR) is 81.7 cm³/mol. The molecule has 0 saturated heterocycles. The van der Waals surface area contributed by atoms with Crippen molar-refractivity contribution >= 4 is 21.7 Å². The second kappa shape index (κ2) is 6.72. The first-order valence-electron chi connectivity index (χ1n) is 6.24. The van der Waals surface area contributed by atoms with Gasteiger partial charge in [-0.15, -0.1) is 0 Å². The number of methoxy groups -OCH3 is 2. The van der Waals surface area contributed by atoms with Crippen molar-refractivity contribution in [2.75, 3.05) is 14.2 Å². The van der Waals surface area contributed by atoms with Gasteiger partial charge in [0.2, 0.25) is 0 Å². The largest absolute Gasteiger partial charge is 0.497 e. The molecule has 0 aliphatic rings. The van der Waals surface area contributed by atoms with Gasteiger partial charge in [0.05, 0.1) is 24.3 Å². The molecule has 21 heavy (non-hydrogen) atoms. The lowest BCUT2D eigenvalue weighted by atomic mass is 10.0. The maximum atomic E-state index is 13.5. The van der Waals surface area contributed by atoms with E-state index < -0.39 is 5.82 Å². The van der Waals surface area contributed by atoms with Crippen molar-refractivity contribution in [2.45, 2.75) is 6.42 Å². The molecular formula is C16H14BrFO3. The van der Waals surface area contributed by atoms with Gasteiger partial charge in [0.1, 0.15) is 17.3 Å². The summed E-state index contributed by atoms with van der Waals surface area (Å²) in [6.07, 6.45) is 0.186. The Kier molecular flexibility index (Phi) is 4.96. The molecule has 0 heterocycles. The highest BCUT2D eigenvalue weighted by molar-refractivity contribution is 9.10. The van der Waals surface area contributed by atoms with E-state index in [9.17, 15) is 9.18 Å². The Morgan fingerprint density at radius 3 is 2.62 bits per heavy atom. The van der Waals surface area contributed by atoms with Crippen LogP contribution in [0.3, 0.4) is 0 Å². The summed E-state index contributed by atoms with van der Waals surface area (Å²) < 4.78 is 23.9. The maximum Gasteiger partial charge on any atom is 0.171 e. The average Bonchev–Trinajstić information content (AvgIpc) is 2.49. The molecule has 2 aromatic carbocycles. The summed E-state index contributed by atoms with van der Waals surface area (Å²) in [6, 6.07) is 9.90. The van der Waals surface area contributed by atoms with Crippen molar-refractivity contribution in [3.63, 3.8) is 0 Å². The fraction of sp³-hybridized carbons (Fsp3) is 0.188. The van der Waals surface area contributed by atoms with Crippen LogP contribution in [0.4, 0.5) is 4.39 Å². The van der Waals surface area contributed by atoms with Crippen LogP contribution < -0.4 is 9.47 Å².